The van der Waals surface area contributed by atoms with Gasteiger partial charge in [0.15, 0.2) is 0 Å². The van der Waals surface area contributed by atoms with Gasteiger partial charge in [0.05, 0.1) is 11.6 Å². The molecule has 1 saturated carbocycles. The van der Waals surface area contributed by atoms with Crippen LogP contribution in [0.25, 0.3) is 27.7 Å². The minimum absolute atomic E-state index is 0.358. The van der Waals surface area contributed by atoms with Crippen molar-refractivity contribution < 1.29 is 4.74 Å². The van der Waals surface area contributed by atoms with E-state index in [1.54, 1.807) is 13.3 Å². The van der Waals surface area contributed by atoms with Crippen molar-refractivity contribution in [1.29, 1.82) is 0 Å². The van der Waals surface area contributed by atoms with Crippen LogP contribution in [0.3, 0.4) is 0 Å². The van der Waals surface area contributed by atoms with Crippen LogP contribution in [-0.4, -0.2) is 43.8 Å². The second-order valence-electron chi connectivity index (χ2n) is 6.44. The maximum atomic E-state index is 5.31. The highest BCUT2D eigenvalue weighted by Crippen LogP contribution is 2.29. The summed E-state index contributed by atoms with van der Waals surface area (Å²) in [6, 6.07) is 6.54. The van der Waals surface area contributed by atoms with Crippen molar-refractivity contribution in [3.05, 3.63) is 43.0 Å². The van der Waals surface area contributed by atoms with E-state index in [1.165, 1.54) is 0 Å². The minimum atomic E-state index is 0.358. The van der Waals surface area contributed by atoms with Gasteiger partial charge in [-0.3, -0.25) is 0 Å². The summed E-state index contributed by atoms with van der Waals surface area (Å²) < 4.78 is 7.16. The highest BCUT2D eigenvalue weighted by Gasteiger charge is 2.29. The van der Waals surface area contributed by atoms with Crippen LogP contribution in [0.1, 0.15) is 12.8 Å². The summed E-state index contributed by atoms with van der Waals surface area (Å²) in [5, 5.41) is 8.62. The van der Waals surface area contributed by atoms with E-state index in [0.29, 0.717) is 18.1 Å². The number of rotatable bonds is 4. The summed E-state index contributed by atoms with van der Waals surface area (Å²) in [5.74, 6) is 0.659. The molecule has 1 fully saturated rings. The Morgan fingerprint density at radius 1 is 1.32 bits per heavy atom. The fourth-order valence-corrected chi connectivity index (χ4v) is 3.36. The number of nitrogens with zero attached hydrogens (tertiary/aromatic N) is 4. The van der Waals surface area contributed by atoms with E-state index in [4.69, 9.17) is 4.74 Å². The van der Waals surface area contributed by atoms with Crippen LogP contribution >= 0.6 is 0 Å². The van der Waals surface area contributed by atoms with Crippen LogP contribution < -0.4 is 5.32 Å². The van der Waals surface area contributed by atoms with E-state index in [0.717, 1.165) is 40.5 Å². The van der Waals surface area contributed by atoms with Crippen molar-refractivity contribution in [2.75, 3.05) is 12.4 Å². The number of hydrogen-bond donors (Lipinski definition) is 2. The summed E-state index contributed by atoms with van der Waals surface area (Å²) in [7, 11) is 1.76. The number of ether oxygens (including phenoxy) is 1. The molecule has 25 heavy (non-hydrogen) atoms. The maximum Gasteiger partial charge on any atom is 0.224 e. The Hall–Kier alpha value is -2.93. The van der Waals surface area contributed by atoms with Crippen LogP contribution in [0.4, 0.5) is 5.95 Å². The monoisotopic (exact) mass is 334 g/mol. The molecule has 4 aromatic heterocycles. The lowest BCUT2D eigenvalue weighted by Crippen LogP contribution is -2.40. The Morgan fingerprint density at radius 3 is 3.12 bits per heavy atom. The molecule has 0 saturated heterocycles. The first-order valence-corrected chi connectivity index (χ1v) is 8.37. The Labute approximate surface area is 144 Å². The predicted molar refractivity (Wildman–Crippen MR) is 95.5 cm³/mol. The van der Waals surface area contributed by atoms with Crippen LogP contribution in [-0.2, 0) is 4.74 Å². The molecule has 0 aromatic carbocycles. The van der Waals surface area contributed by atoms with Crippen LogP contribution in [0.2, 0.25) is 0 Å². The Kier molecular flexibility index (Phi) is 3.21. The SMILES string of the molecule is COC1CC(Nc2ncc3c(-c4ccn5nccc5c4)c[nH]c3n2)C1. The van der Waals surface area contributed by atoms with Crippen molar-refractivity contribution in [3.63, 3.8) is 0 Å². The number of fused-ring (bicyclic) bond motifs is 2. The molecule has 0 unspecified atom stereocenters. The van der Waals surface area contributed by atoms with Gasteiger partial charge >= 0.3 is 0 Å². The quantitative estimate of drug-likeness (QED) is 0.600. The summed E-state index contributed by atoms with van der Waals surface area (Å²) in [5.41, 5.74) is 4.10. The molecule has 126 valence electrons. The topological polar surface area (TPSA) is 80.1 Å². The zero-order valence-electron chi connectivity index (χ0n) is 13.8. The van der Waals surface area contributed by atoms with Gasteiger partial charge in [0.1, 0.15) is 5.65 Å². The van der Waals surface area contributed by atoms with Gasteiger partial charge < -0.3 is 15.0 Å². The maximum absolute atomic E-state index is 5.31. The number of nitrogens with one attached hydrogen (secondary N) is 2. The van der Waals surface area contributed by atoms with E-state index < -0.39 is 0 Å². The molecule has 1 aliphatic rings. The van der Waals surface area contributed by atoms with E-state index in [-0.39, 0.29) is 0 Å². The number of anilines is 1. The first kappa shape index (κ1) is 14.4. The van der Waals surface area contributed by atoms with Crippen molar-refractivity contribution in [1.82, 2.24) is 24.6 Å². The fourth-order valence-electron chi connectivity index (χ4n) is 3.36. The molecule has 4 aromatic rings. The molecule has 0 bridgehead atoms. The molecule has 4 heterocycles. The van der Waals surface area contributed by atoms with Crippen LogP contribution in [0.15, 0.2) is 43.0 Å². The standard InChI is InChI=1S/C18H18N6O/c1-25-14-7-12(8-14)22-18-20-10-16-15(9-19-17(16)23-18)11-3-5-24-13(6-11)2-4-21-24/h2-6,9-10,12,14H,7-8H2,1H3,(H2,19,20,22,23). The molecular weight excluding hydrogens is 316 g/mol. The van der Waals surface area contributed by atoms with Crippen molar-refractivity contribution in [2.45, 2.75) is 25.0 Å². The molecule has 0 amide bonds. The molecule has 2 N–H and O–H groups in total. The second-order valence-corrected chi connectivity index (χ2v) is 6.44. The molecule has 0 atom stereocenters. The number of H-pyrrole nitrogens is 1. The molecule has 5 rings (SSSR count). The molecular formula is C18H18N6O. The Morgan fingerprint density at radius 2 is 2.24 bits per heavy atom. The molecule has 0 radical (unpaired) electrons. The Balaban J connectivity index is 1.45. The van der Waals surface area contributed by atoms with Gasteiger partial charge in [0.25, 0.3) is 0 Å². The van der Waals surface area contributed by atoms with Gasteiger partial charge in [-0.1, -0.05) is 0 Å². The van der Waals surface area contributed by atoms with Crippen molar-refractivity contribution in [2.24, 2.45) is 0 Å². The number of hydrogen-bond acceptors (Lipinski definition) is 5. The summed E-state index contributed by atoms with van der Waals surface area (Å²) in [6.07, 6.45) is 9.97. The van der Waals surface area contributed by atoms with Gasteiger partial charge in [0.2, 0.25) is 5.95 Å². The lowest BCUT2D eigenvalue weighted by atomic mass is 9.89. The number of aromatic amines is 1. The predicted octanol–water partition coefficient (Wildman–Crippen LogP) is 2.86. The van der Waals surface area contributed by atoms with E-state index in [9.17, 15) is 0 Å². The lowest BCUT2D eigenvalue weighted by Gasteiger charge is -2.34. The average molecular weight is 334 g/mol. The third-order valence-electron chi connectivity index (χ3n) is 4.90. The molecule has 1 aliphatic carbocycles. The lowest BCUT2D eigenvalue weighted by molar-refractivity contribution is 0.0327. The fraction of sp³-hybridized carbons (Fsp3) is 0.278. The molecule has 7 nitrogen and oxygen atoms in total. The number of aromatic nitrogens is 5. The zero-order valence-corrected chi connectivity index (χ0v) is 13.8. The summed E-state index contributed by atoms with van der Waals surface area (Å²) >= 11 is 0. The van der Waals surface area contributed by atoms with Gasteiger partial charge in [0, 0.05) is 48.9 Å². The number of methoxy groups -OCH3 is 1. The first-order valence-electron chi connectivity index (χ1n) is 8.37. The largest absolute Gasteiger partial charge is 0.381 e. The van der Waals surface area contributed by atoms with Crippen LogP contribution in [0, 0.1) is 0 Å². The third-order valence-corrected chi connectivity index (χ3v) is 4.90. The molecule has 0 aliphatic heterocycles. The minimum Gasteiger partial charge on any atom is -0.381 e. The van der Waals surface area contributed by atoms with Crippen molar-refractivity contribution in [3.8, 4) is 11.1 Å². The molecule has 7 heteroatoms. The smallest absolute Gasteiger partial charge is 0.224 e. The van der Waals surface area contributed by atoms with Gasteiger partial charge in [-0.05, 0) is 36.6 Å². The normalized spacial score (nSPS) is 20.0. The first-order chi connectivity index (χ1) is 12.3. The zero-order chi connectivity index (χ0) is 16.8. The number of pyridine rings is 1. The van der Waals surface area contributed by atoms with Gasteiger partial charge in [-0.2, -0.15) is 10.1 Å². The summed E-state index contributed by atoms with van der Waals surface area (Å²) in [4.78, 5) is 12.4. The van der Waals surface area contributed by atoms with E-state index in [1.807, 2.05) is 35.2 Å². The van der Waals surface area contributed by atoms with Gasteiger partial charge in [-0.25, -0.2) is 9.50 Å². The highest BCUT2D eigenvalue weighted by atomic mass is 16.5. The third kappa shape index (κ3) is 2.44. The van der Waals surface area contributed by atoms with Crippen LogP contribution in [0.5, 0.6) is 0 Å². The highest BCUT2D eigenvalue weighted by molar-refractivity contribution is 5.94. The average Bonchev–Trinajstić information content (AvgIpc) is 3.23. The van der Waals surface area contributed by atoms with Crippen molar-refractivity contribution >= 4 is 22.5 Å². The molecule has 0 spiro atoms. The second kappa shape index (κ2) is 5.56. The van der Waals surface area contributed by atoms with E-state index in [2.05, 4.69) is 31.4 Å². The Bertz CT molecular complexity index is 1050. The van der Waals surface area contributed by atoms with E-state index >= 15 is 0 Å². The van der Waals surface area contributed by atoms with Gasteiger partial charge in [-0.15, -0.1) is 0 Å². The summed E-state index contributed by atoms with van der Waals surface area (Å²) in [6.45, 7) is 0.